The molecule has 1 heterocycles. The number of hydrogen-bond acceptors (Lipinski definition) is 5. The van der Waals surface area contributed by atoms with Crippen LogP contribution in [-0.2, 0) is 0 Å². The molecule has 1 aromatic carbocycles. The van der Waals surface area contributed by atoms with Crippen LogP contribution in [0.4, 0.5) is 16.3 Å². The van der Waals surface area contributed by atoms with Gasteiger partial charge in [0.15, 0.2) is 0 Å². The first-order valence-corrected chi connectivity index (χ1v) is 6.08. The van der Waals surface area contributed by atoms with Crippen LogP contribution in [0.1, 0.15) is 18.5 Å². The third-order valence-electron chi connectivity index (χ3n) is 2.55. The molecule has 0 fully saturated rings. The highest BCUT2D eigenvalue weighted by Crippen LogP contribution is 2.20. The van der Waals surface area contributed by atoms with E-state index in [-0.39, 0.29) is 17.1 Å². The van der Waals surface area contributed by atoms with E-state index in [4.69, 9.17) is 11.6 Å². The number of hydrogen-bond donors (Lipinski definition) is 2. The molecule has 1 atom stereocenters. The van der Waals surface area contributed by atoms with Crippen molar-refractivity contribution in [2.75, 3.05) is 17.7 Å². The van der Waals surface area contributed by atoms with Crippen molar-refractivity contribution in [3.8, 4) is 0 Å². The van der Waals surface area contributed by atoms with Crippen LogP contribution in [0.25, 0.3) is 0 Å². The highest BCUT2D eigenvalue weighted by molar-refractivity contribution is 6.28. The van der Waals surface area contributed by atoms with Crippen molar-refractivity contribution in [2.45, 2.75) is 13.0 Å². The molecule has 0 saturated carbocycles. The molecule has 1 aromatic heterocycles. The van der Waals surface area contributed by atoms with Crippen molar-refractivity contribution in [1.29, 1.82) is 0 Å². The first-order chi connectivity index (χ1) is 9.10. The Bertz CT molecular complexity index is 578. The smallest absolute Gasteiger partial charge is 0.229 e. The van der Waals surface area contributed by atoms with Gasteiger partial charge in [-0.2, -0.15) is 15.0 Å². The van der Waals surface area contributed by atoms with E-state index in [2.05, 4.69) is 25.6 Å². The van der Waals surface area contributed by atoms with E-state index < -0.39 is 0 Å². The SMILES string of the molecule is CNc1nc(Cl)nc(NC(C)c2ccccc2F)n1. The molecule has 0 saturated heterocycles. The number of halogens is 2. The van der Waals surface area contributed by atoms with Gasteiger partial charge in [-0.3, -0.25) is 0 Å². The quantitative estimate of drug-likeness (QED) is 0.902. The molecular formula is C12H13ClFN5. The first-order valence-electron chi connectivity index (χ1n) is 5.70. The lowest BCUT2D eigenvalue weighted by molar-refractivity contribution is 0.599. The van der Waals surface area contributed by atoms with E-state index in [1.165, 1.54) is 6.07 Å². The third kappa shape index (κ3) is 3.29. The van der Waals surface area contributed by atoms with Gasteiger partial charge in [-0.25, -0.2) is 4.39 Å². The average molecular weight is 282 g/mol. The second-order valence-corrected chi connectivity index (χ2v) is 4.23. The Morgan fingerprint density at radius 3 is 2.53 bits per heavy atom. The Morgan fingerprint density at radius 2 is 1.84 bits per heavy atom. The van der Waals surface area contributed by atoms with Gasteiger partial charge in [0, 0.05) is 12.6 Å². The number of nitrogens with zero attached hydrogens (tertiary/aromatic N) is 3. The van der Waals surface area contributed by atoms with Crippen LogP contribution in [0.2, 0.25) is 5.28 Å². The summed E-state index contributed by atoms with van der Waals surface area (Å²) in [5.41, 5.74) is 0.532. The number of anilines is 2. The third-order valence-corrected chi connectivity index (χ3v) is 2.72. The zero-order chi connectivity index (χ0) is 13.8. The fourth-order valence-electron chi connectivity index (χ4n) is 1.62. The first kappa shape index (κ1) is 13.5. The van der Waals surface area contributed by atoms with Gasteiger partial charge in [0.1, 0.15) is 5.82 Å². The minimum absolute atomic E-state index is 0.0718. The predicted molar refractivity (Wildman–Crippen MR) is 72.8 cm³/mol. The van der Waals surface area contributed by atoms with Crippen LogP contribution >= 0.6 is 11.6 Å². The average Bonchev–Trinajstić information content (AvgIpc) is 2.38. The lowest BCUT2D eigenvalue weighted by Crippen LogP contribution is -2.12. The van der Waals surface area contributed by atoms with Crippen molar-refractivity contribution in [2.24, 2.45) is 0 Å². The van der Waals surface area contributed by atoms with Gasteiger partial charge in [0.2, 0.25) is 17.2 Å². The van der Waals surface area contributed by atoms with Crippen molar-refractivity contribution < 1.29 is 4.39 Å². The van der Waals surface area contributed by atoms with Gasteiger partial charge in [-0.15, -0.1) is 0 Å². The van der Waals surface area contributed by atoms with Crippen molar-refractivity contribution >= 4 is 23.5 Å². The molecule has 0 radical (unpaired) electrons. The fourth-order valence-corrected chi connectivity index (χ4v) is 1.78. The summed E-state index contributed by atoms with van der Waals surface area (Å²) >= 11 is 5.77. The molecule has 100 valence electrons. The number of nitrogens with one attached hydrogen (secondary N) is 2. The number of benzene rings is 1. The summed E-state index contributed by atoms with van der Waals surface area (Å²) in [5.74, 6) is 0.361. The van der Waals surface area contributed by atoms with Gasteiger partial charge in [0.25, 0.3) is 0 Å². The Morgan fingerprint density at radius 1 is 1.16 bits per heavy atom. The molecule has 19 heavy (non-hydrogen) atoms. The molecule has 0 aliphatic carbocycles. The van der Waals surface area contributed by atoms with Gasteiger partial charge in [-0.1, -0.05) is 18.2 Å². The van der Waals surface area contributed by atoms with Gasteiger partial charge in [-0.05, 0) is 24.6 Å². The molecule has 7 heteroatoms. The zero-order valence-electron chi connectivity index (χ0n) is 10.5. The molecular weight excluding hydrogens is 269 g/mol. The summed E-state index contributed by atoms with van der Waals surface area (Å²) < 4.78 is 13.6. The van der Waals surface area contributed by atoms with Gasteiger partial charge < -0.3 is 10.6 Å². The predicted octanol–water partition coefficient (Wildman–Crippen LogP) is 2.88. The van der Waals surface area contributed by atoms with Crippen LogP contribution < -0.4 is 10.6 Å². The van der Waals surface area contributed by atoms with E-state index in [9.17, 15) is 4.39 Å². The second kappa shape index (κ2) is 5.79. The monoisotopic (exact) mass is 281 g/mol. The minimum Gasteiger partial charge on any atom is -0.357 e. The summed E-state index contributed by atoms with van der Waals surface area (Å²) in [4.78, 5) is 11.9. The zero-order valence-corrected chi connectivity index (χ0v) is 11.2. The highest BCUT2D eigenvalue weighted by Gasteiger charge is 2.12. The summed E-state index contributed by atoms with van der Waals surface area (Å²) in [6.45, 7) is 1.81. The van der Waals surface area contributed by atoms with E-state index >= 15 is 0 Å². The summed E-state index contributed by atoms with van der Waals surface area (Å²) in [6.07, 6.45) is 0. The van der Waals surface area contributed by atoms with E-state index in [1.807, 2.05) is 6.92 Å². The van der Waals surface area contributed by atoms with Crippen LogP contribution in [0, 0.1) is 5.82 Å². The van der Waals surface area contributed by atoms with Crippen molar-refractivity contribution in [1.82, 2.24) is 15.0 Å². The van der Waals surface area contributed by atoms with Crippen LogP contribution in [-0.4, -0.2) is 22.0 Å². The summed E-state index contributed by atoms with van der Waals surface area (Å²) in [7, 11) is 1.68. The van der Waals surface area contributed by atoms with Crippen LogP contribution in [0.5, 0.6) is 0 Å². The van der Waals surface area contributed by atoms with Crippen LogP contribution in [0.3, 0.4) is 0 Å². The molecule has 0 spiro atoms. The Hall–Kier alpha value is -1.95. The lowest BCUT2D eigenvalue weighted by Gasteiger charge is -2.15. The minimum atomic E-state index is -0.288. The standard InChI is InChI=1S/C12H13ClFN5/c1-7(8-5-3-4-6-9(8)14)16-12-18-10(13)17-11(15-2)19-12/h3-7H,1-2H3,(H2,15,16,17,18,19). The number of aromatic nitrogens is 3. The molecule has 0 aliphatic rings. The maximum absolute atomic E-state index is 13.6. The van der Waals surface area contributed by atoms with Gasteiger partial charge >= 0.3 is 0 Å². The highest BCUT2D eigenvalue weighted by atomic mass is 35.5. The second-order valence-electron chi connectivity index (χ2n) is 3.89. The molecule has 2 rings (SSSR count). The largest absolute Gasteiger partial charge is 0.357 e. The van der Waals surface area contributed by atoms with Gasteiger partial charge in [0.05, 0.1) is 6.04 Å². The fraction of sp³-hybridized carbons (Fsp3) is 0.250. The van der Waals surface area contributed by atoms with E-state index in [1.54, 1.807) is 25.2 Å². The molecule has 0 bridgehead atoms. The Balaban J connectivity index is 2.21. The van der Waals surface area contributed by atoms with Crippen molar-refractivity contribution in [3.63, 3.8) is 0 Å². The van der Waals surface area contributed by atoms with E-state index in [0.717, 1.165) is 0 Å². The maximum atomic E-state index is 13.6. The van der Waals surface area contributed by atoms with E-state index in [0.29, 0.717) is 17.5 Å². The van der Waals surface area contributed by atoms with Crippen molar-refractivity contribution in [3.05, 3.63) is 40.9 Å². The molecule has 2 N–H and O–H groups in total. The molecule has 1 unspecified atom stereocenters. The number of rotatable bonds is 4. The normalized spacial score (nSPS) is 12.0. The van der Waals surface area contributed by atoms with Crippen LogP contribution in [0.15, 0.2) is 24.3 Å². The lowest BCUT2D eigenvalue weighted by atomic mass is 10.1. The maximum Gasteiger partial charge on any atom is 0.229 e. The Labute approximate surface area is 115 Å². The Kier molecular flexibility index (Phi) is 4.11. The molecule has 0 amide bonds. The topological polar surface area (TPSA) is 62.7 Å². The summed E-state index contributed by atoms with van der Waals surface area (Å²) in [5, 5.41) is 5.83. The molecule has 5 nitrogen and oxygen atoms in total. The molecule has 0 aliphatic heterocycles. The molecule has 2 aromatic rings. The summed E-state index contributed by atoms with van der Waals surface area (Å²) in [6, 6.07) is 6.24.